The van der Waals surface area contributed by atoms with Gasteiger partial charge in [0.2, 0.25) is 17.7 Å². The summed E-state index contributed by atoms with van der Waals surface area (Å²) >= 11 is 1.53. The van der Waals surface area contributed by atoms with E-state index in [-0.39, 0.29) is 10.8 Å². The summed E-state index contributed by atoms with van der Waals surface area (Å²) in [6.45, 7) is 3.08. The molecule has 2 aromatic heterocycles. The van der Waals surface area contributed by atoms with E-state index in [9.17, 15) is 13.2 Å². The van der Waals surface area contributed by atoms with Crippen LogP contribution in [0.15, 0.2) is 76.0 Å². The summed E-state index contributed by atoms with van der Waals surface area (Å²) in [6.07, 6.45) is 2.94. The SMILES string of the molecule is Cc1nnc(-c2ccc(Oc3cc(-c4nnc(Cc5ccc(S(C)(=O)=O)cc5)o4)ccc3CN3CCCC3=O)cc2)s1. The van der Waals surface area contributed by atoms with Crippen molar-refractivity contribution in [3.05, 3.63) is 88.8 Å². The van der Waals surface area contributed by atoms with Gasteiger partial charge in [0.25, 0.3) is 0 Å². The average molecular weight is 602 g/mol. The van der Waals surface area contributed by atoms with Crippen LogP contribution in [0, 0.1) is 6.92 Å². The van der Waals surface area contributed by atoms with Gasteiger partial charge in [-0.15, -0.1) is 20.4 Å². The van der Waals surface area contributed by atoms with E-state index >= 15 is 0 Å². The molecule has 1 aliphatic heterocycles. The van der Waals surface area contributed by atoms with Gasteiger partial charge in [0, 0.05) is 42.5 Å². The van der Waals surface area contributed by atoms with Crippen molar-refractivity contribution >= 4 is 27.1 Å². The zero-order valence-electron chi connectivity index (χ0n) is 23.0. The third kappa shape index (κ3) is 6.24. The van der Waals surface area contributed by atoms with E-state index in [1.54, 1.807) is 24.3 Å². The first-order valence-electron chi connectivity index (χ1n) is 13.3. The van der Waals surface area contributed by atoms with E-state index < -0.39 is 9.84 Å². The lowest BCUT2D eigenvalue weighted by Crippen LogP contribution is -2.24. The number of ether oxygens (including phenoxy) is 1. The van der Waals surface area contributed by atoms with E-state index in [0.29, 0.717) is 54.8 Å². The topological polar surface area (TPSA) is 128 Å². The Morgan fingerprint density at radius 2 is 1.71 bits per heavy atom. The minimum absolute atomic E-state index is 0.132. The van der Waals surface area contributed by atoms with Crippen molar-refractivity contribution in [1.82, 2.24) is 25.3 Å². The first kappa shape index (κ1) is 27.7. The molecule has 6 rings (SSSR count). The molecule has 42 heavy (non-hydrogen) atoms. The third-order valence-electron chi connectivity index (χ3n) is 6.88. The highest BCUT2D eigenvalue weighted by Gasteiger charge is 2.22. The Balaban J connectivity index is 1.25. The third-order valence-corrected chi connectivity index (χ3v) is 8.89. The second-order valence-corrected chi connectivity index (χ2v) is 13.3. The van der Waals surface area contributed by atoms with Crippen LogP contribution in [-0.4, -0.2) is 52.4 Å². The first-order valence-corrected chi connectivity index (χ1v) is 16.0. The zero-order valence-corrected chi connectivity index (χ0v) is 24.6. The number of benzene rings is 3. The summed E-state index contributed by atoms with van der Waals surface area (Å²) in [5.41, 5.74) is 3.34. The Bertz CT molecular complexity index is 1850. The van der Waals surface area contributed by atoms with Gasteiger partial charge in [0.1, 0.15) is 21.5 Å². The van der Waals surface area contributed by atoms with Crippen LogP contribution >= 0.6 is 11.3 Å². The molecule has 0 unspecified atom stereocenters. The van der Waals surface area contributed by atoms with E-state index in [1.165, 1.54) is 17.6 Å². The van der Waals surface area contributed by atoms with Crippen molar-refractivity contribution in [2.24, 2.45) is 0 Å². The number of hydrogen-bond acceptors (Lipinski definition) is 10. The van der Waals surface area contributed by atoms with Crippen LogP contribution in [-0.2, 0) is 27.6 Å². The largest absolute Gasteiger partial charge is 0.457 e. The second-order valence-electron chi connectivity index (χ2n) is 10.1. The van der Waals surface area contributed by atoms with E-state index in [2.05, 4.69) is 20.4 Å². The molecule has 10 nitrogen and oxygen atoms in total. The Morgan fingerprint density at radius 3 is 2.38 bits per heavy atom. The fourth-order valence-electron chi connectivity index (χ4n) is 4.67. The lowest BCUT2D eigenvalue weighted by atomic mass is 10.1. The van der Waals surface area contributed by atoms with Crippen LogP contribution in [0.1, 0.15) is 34.9 Å². The number of aromatic nitrogens is 4. The predicted molar refractivity (Wildman–Crippen MR) is 157 cm³/mol. The number of rotatable bonds is 9. The van der Waals surface area contributed by atoms with Gasteiger partial charge < -0.3 is 14.1 Å². The maximum absolute atomic E-state index is 12.3. The van der Waals surface area contributed by atoms with Gasteiger partial charge in [-0.1, -0.05) is 29.5 Å². The molecular weight excluding hydrogens is 574 g/mol. The summed E-state index contributed by atoms with van der Waals surface area (Å²) in [6, 6.07) is 19.9. The average Bonchev–Trinajstić information content (AvgIpc) is 3.72. The van der Waals surface area contributed by atoms with Crippen LogP contribution in [0.2, 0.25) is 0 Å². The van der Waals surface area contributed by atoms with Crippen LogP contribution in [0.3, 0.4) is 0 Å². The van der Waals surface area contributed by atoms with Gasteiger partial charge in [0.05, 0.1) is 11.3 Å². The molecule has 1 saturated heterocycles. The fourth-order valence-corrected chi connectivity index (χ4v) is 5.99. The van der Waals surface area contributed by atoms with Gasteiger partial charge in [-0.05, 0) is 67.4 Å². The molecule has 0 atom stereocenters. The number of nitrogens with zero attached hydrogens (tertiary/aromatic N) is 5. The van der Waals surface area contributed by atoms with Crippen LogP contribution in [0.5, 0.6) is 11.5 Å². The molecular formula is C30H27N5O5S2. The molecule has 0 spiro atoms. The van der Waals surface area contributed by atoms with Crippen LogP contribution < -0.4 is 4.74 Å². The number of amides is 1. The Morgan fingerprint density at radius 1 is 0.952 bits per heavy atom. The maximum Gasteiger partial charge on any atom is 0.247 e. The molecule has 0 bridgehead atoms. The predicted octanol–water partition coefficient (Wildman–Crippen LogP) is 5.47. The van der Waals surface area contributed by atoms with Crippen molar-refractivity contribution < 1.29 is 22.4 Å². The van der Waals surface area contributed by atoms with Gasteiger partial charge in [-0.25, -0.2) is 8.42 Å². The minimum atomic E-state index is -3.27. The summed E-state index contributed by atoms with van der Waals surface area (Å²) in [4.78, 5) is 14.4. The molecule has 0 radical (unpaired) electrons. The Labute approximate surface area is 246 Å². The Hall–Kier alpha value is -4.42. The maximum atomic E-state index is 12.3. The molecule has 12 heteroatoms. The molecule has 1 amide bonds. The highest BCUT2D eigenvalue weighted by atomic mass is 32.2. The molecule has 0 aliphatic carbocycles. The number of sulfone groups is 1. The zero-order chi connectivity index (χ0) is 29.3. The number of likely N-dealkylation sites (tertiary alicyclic amines) is 1. The normalized spacial score (nSPS) is 13.6. The summed E-state index contributed by atoms with van der Waals surface area (Å²) in [5.74, 6) is 2.08. The molecule has 3 aromatic carbocycles. The fraction of sp³-hybridized carbons (Fsp3) is 0.233. The summed E-state index contributed by atoms with van der Waals surface area (Å²) in [5, 5.41) is 18.5. The van der Waals surface area contributed by atoms with Crippen molar-refractivity contribution in [3.8, 4) is 33.5 Å². The molecule has 0 N–H and O–H groups in total. The number of carbonyl (C=O) groups is 1. The van der Waals surface area contributed by atoms with E-state index in [4.69, 9.17) is 9.15 Å². The van der Waals surface area contributed by atoms with Crippen LogP contribution in [0.4, 0.5) is 0 Å². The van der Waals surface area contributed by atoms with Gasteiger partial charge in [-0.2, -0.15) is 0 Å². The molecule has 3 heterocycles. The van der Waals surface area contributed by atoms with E-state index in [0.717, 1.165) is 33.1 Å². The minimum Gasteiger partial charge on any atom is -0.457 e. The number of carbonyl (C=O) groups excluding carboxylic acids is 1. The lowest BCUT2D eigenvalue weighted by Gasteiger charge is -2.19. The highest BCUT2D eigenvalue weighted by Crippen LogP contribution is 2.34. The quantitative estimate of drug-likeness (QED) is 0.216. The molecule has 1 fully saturated rings. The number of aryl methyl sites for hydroxylation is 1. The van der Waals surface area contributed by atoms with Gasteiger partial charge in [0.15, 0.2) is 9.84 Å². The van der Waals surface area contributed by atoms with Crippen LogP contribution in [0.25, 0.3) is 22.0 Å². The van der Waals surface area contributed by atoms with Gasteiger partial charge in [-0.3, -0.25) is 4.79 Å². The molecule has 214 valence electrons. The van der Waals surface area contributed by atoms with Gasteiger partial charge >= 0.3 is 0 Å². The molecule has 5 aromatic rings. The second kappa shape index (κ2) is 11.5. The molecule has 0 saturated carbocycles. The number of hydrogen-bond donors (Lipinski definition) is 0. The smallest absolute Gasteiger partial charge is 0.247 e. The van der Waals surface area contributed by atoms with Crippen molar-refractivity contribution in [1.29, 1.82) is 0 Å². The van der Waals surface area contributed by atoms with Crippen molar-refractivity contribution in [2.75, 3.05) is 12.8 Å². The van der Waals surface area contributed by atoms with Crippen molar-refractivity contribution in [2.45, 2.75) is 37.6 Å². The monoisotopic (exact) mass is 601 g/mol. The Kier molecular flexibility index (Phi) is 7.56. The van der Waals surface area contributed by atoms with Crippen molar-refractivity contribution in [3.63, 3.8) is 0 Å². The van der Waals surface area contributed by atoms with E-state index in [1.807, 2.05) is 54.3 Å². The molecule has 1 aliphatic rings. The highest BCUT2D eigenvalue weighted by molar-refractivity contribution is 7.90. The standard InChI is InChI=1S/C30H27N5O5S2/c1-19-31-34-30(41-19)21-9-11-24(12-10-21)39-26-17-22(7-8-23(26)18-35-15-3-4-28(35)36)29-33-32-27(40-29)16-20-5-13-25(14-6-20)42(2,37)38/h5-14,17H,3-4,15-16,18H2,1-2H3. The summed E-state index contributed by atoms with van der Waals surface area (Å²) < 4.78 is 35.8. The summed E-state index contributed by atoms with van der Waals surface area (Å²) in [7, 11) is -3.27. The lowest BCUT2D eigenvalue weighted by molar-refractivity contribution is -0.128. The first-order chi connectivity index (χ1) is 20.2.